The van der Waals surface area contributed by atoms with E-state index in [4.69, 9.17) is 0 Å². The van der Waals surface area contributed by atoms with Crippen LogP contribution in [0.25, 0.3) is 10.9 Å². The van der Waals surface area contributed by atoms with Gasteiger partial charge < -0.3 is 15.0 Å². The van der Waals surface area contributed by atoms with Crippen molar-refractivity contribution in [2.24, 2.45) is 0 Å². The molecule has 118 valence electrons. The summed E-state index contributed by atoms with van der Waals surface area (Å²) in [5.41, 5.74) is 2.03. The molecule has 7 heteroatoms. The van der Waals surface area contributed by atoms with E-state index >= 15 is 0 Å². The molecule has 2 aromatic heterocycles. The number of benzene rings is 1. The summed E-state index contributed by atoms with van der Waals surface area (Å²) in [7, 11) is 1.29. The average molecular weight is 314 g/mol. The number of H-pyrrole nitrogens is 1. The minimum atomic E-state index is -0.518. The van der Waals surface area contributed by atoms with E-state index in [1.165, 1.54) is 19.2 Å². The summed E-state index contributed by atoms with van der Waals surface area (Å²) in [6.07, 6.45) is 2.61. The number of ether oxygens (including phenoxy) is 1. The molecule has 0 unspecified atom stereocenters. The number of carbonyl (C=O) groups is 1. The molecule has 0 aliphatic carbocycles. The largest absolute Gasteiger partial charge is 0.464 e. The highest BCUT2D eigenvalue weighted by Gasteiger charge is 2.08. The fraction of sp³-hybridized carbons (Fsp3) is 0.188. The van der Waals surface area contributed by atoms with Gasteiger partial charge in [-0.05, 0) is 42.3 Å². The first-order valence-electron chi connectivity index (χ1n) is 7.09. The van der Waals surface area contributed by atoms with Gasteiger partial charge in [-0.25, -0.2) is 9.18 Å². The predicted molar refractivity (Wildman–Crippen MR) is 83.8 cm³/mol. The van der Waals surface area contributed by atoms with Crippen LogP contribution in [-0.2, 0) is 11.2 Å². The Hall–Kier alpha value is -2.96. The fourth-order valence-corrected chi connectivity index (χ4v) is 2.33. The van der Waals surface area contributed by atoms with Crippen LogP contribution >= 0.6 is 0 Å². The maximum atomic E-state index is 13.2. The lowest BCUT2D eigenvalue weighted by molar-refractivity contribution is 0.0593. The molecule has 6 nitrogen and oxygen atoms in total. The number of methoxy groups -OCH3 is 1. The maximum absolute atomic E-state index is 13.2. The molecule has 2 heterocycles. The minimum absolute atomic E-state index is 0.164. The lowest BCUT2D eigenvalue weighted by Crippen LogP contribution is -2.09. The molecule has 0 aliphatic heterocycles. The number of nitrogens with one attached hydrogen (secondary N) is 2. The summed E-state index contributed by atoms with van der Waals surface area (Å²) in [6, 6.07) is 7.91. The number of aromatic amines is 1. The summed E-state index contributed by atoms with van der Waals surface area (Å²) in [6.45, 7) is 0.635. The van der Waals surface area contributed by atoms with E-state index in [1.807, 2.05) is 6.20 Å². The quantitative estimate of drug-likeness (QED) is 0.707. The molecule has 0 saturated heterocycles. The fourth-order valence-electron chi connectivity index (χ4n) is 2.33. The smallest absolute Gasteiger partial charge is 0.358 e. The Labute approximate surface area is 131 Å². The van der Waals surface area contributed by atoms with Gasteiger partial charge in [-0.1, -0.05) is 0 Å². The molecule has 1 aromatic carbocycles. The summed E-state index contributed by atoms with van der Waals surface area (Å²) in [5.74, 6) is -0.205. The van der Waals surface area contributed by atoms with Crippen molar-refractivity contribution in [2.45, 2.75) is 6.42 Å². The second-order valence-electron chi connectivity index (χ2n) is 4.98. The minimum Gasteiger partial charge on any atom is -0.464 e. The number of anilines is 1. The van der Waals surface area contributed by atoms with Crippen molar-refractivity contribution in [1.82, 2.24) is 15.2 Å². The normalized spacial score (nSPS) is 10.7. The first-order chi connectivity index (χ1) is 11.2. The van der Waals surface area contributed by atoms with Crippen LogP contribution < -0.4 is 5.32 Å². The third kappa shape index (κ3) is 3.28. The van der Waals surface area contributed by atoms with Crippen molar-refractivity contribution in [3.05, 3.63) is 53.6 Å². The second kappa shape index (κ2) is 6.43. The first-order valence-corrected chi connectivity index (χ1v) is 7.09. The zero-order valence-electron chi connectivity index (χ0n) is 12.5. The SMILES string of the molecule is COC(=O)c1ccc(NCCc2c[nH]c3cc(F)ccc23)nn1. The molecular formula is C16H15FN4O2. The van der Waals surface area contributed by atoms with Gasteiger partial charge in [0.15, 0.2) is 5.69 Å². The van der Waals surface area contributed by atoms with Gasteiger partial charge >= 0.3 is 5.97 Å². The van der Waals surface area contributed by atoms with Crippen LogP contribution in [0.15, 0.2) is 36.5 Å². The van der Waals surface area contributed by atoms with Crippen LogP contribution in [-0.4, -0.2) is 34.8 Å². The number of hydrogen-bond acceptors (Lipinski definition) is 5. The van der Waals surface area contributed by atoms with Gasteiger partial charge in [-0.3, -0.25) is 0 Å². The molecule has 0 atom stereocenters. The molecule has 2 N–H and O–H groups in total. The van der Waals surface area contributed by atoms with E-state index in [2.05, 4.69) is 25.2 Å². The number of aromatic nitrogens is 3. The second-order valence-corrected chi connectivity index (χ2v) is 4.98. The molecule has 0 saturated carbocycles. The number of nitrogens with zero attached hydrogens (tertiary/aromatic N) is 2. The molecule has 3 aromatic rings. The number of rotatable bonds is 5. The highest BCUT2D eigenvalue weighted by atomic mass is 19.1. The Kier molecular flexibility index (Phi) is 4.18. The molecule has 0 bridgehead atoms. The highest BCUT2D eigenvalue weighted by molar-refractivity contribution is 5.87. The number of esters is 1. The zero-order chi connectivity index (χ0) is 16.2. The van der Waals surface area contributed by atoms with Crippen molar-refractivity contribution in [1.29, 1.82) is 0 Å². The molecule has 0 amide bonds. The van der Waals surface area contributed by atoms with Gasteiger partial charge in [0.1, 0.15) is 11.6 Å². The zero-order valence-corrected chi connectivity index (χ0v) is 12.5. The van der Waals surface area contributed by atoms with Gasteiger partial charge in [0.25, 0.3) is 0 Å². The third-order valence-corrected chi connectivity index (χ3v) is 3.49. The van der Waals surface area contributed by atoms with Crippen LogP contribution in [0.2, 0.25) is 0 Å². The van der Waals surface area contributed by atoms with Gasteiger partial charge in [-0.2, -0.15) is 0 Å². The Bertz CT molecular complexity index is 830. The molecule has 23 heavy (non-hydrogen) atoms. The van der Waals surface area contributed by atoms with Gasteiger partial charge in [0.05, 0.1) is 7.11 Å². The lowest BCUT2D eigenvalue weighted by Gasteiger charge is -2.05. The van der Waals surface area contributed by atoms with Crippen LogP contribution in [0.1, 0.15) is 16.1 Å². The molecule has 0 fully saturated rings. The number of carbonyl (C=O) groups excluding carboxylic acids is 1. The monoisotopic (exact) mass is 314 g/mol. The summed E-state index contributed by atoms with van der Waals surface area (Å²) < 4.78 is 17.7. The standard InChI is InChI=1S/C16H15FN4O2/c1-23-16(22)13-4-5-15(21-20-13)18-7-6-10-9-19-14-8-11(17)2-3-12(10)14/h2-5,8-9,19H,6-7H2,1H3,(H,18,21). The van der Waals surface area contributed by atoms with E-state index in [0.717, 1.165) is 22.9 Å². The average Bonchev–Trinajstić information content (AvgIpc) is 2.97. The topological polar surface area (TPSA) is 79.9 Å². The van der Waals surface area contributed by atoms with Crippen molar-refractivity contribution in [2.75, 3.05) is 19.0 Å². The van der Waals surface area contributed by atoms with E-state index in [1.54, 1.807) is 18.2 Å². The maximum Gasteiger partial charge on any atom is 0.358 e. The van der Waals surface area contributed by atoms with E-state index in [0.29, 0.717) is 12.4 Å². The lowest BCUT2D eigenvalue weighted by atomic mass is 10.1. The van der Waals surface area contributed by atoms with E-state index < -0.39 is 5.97 Å². The molecule has 0 radical (unpaired) electrons. The van der Waals surface area contributed by atoms with Crippen molar-refractivity contribution >= 4 is 22.7 Å². The third-order valence-electron chi connectivity index (χ3n) is 3.49. The van der Waals surface area contributed by atoms with E-state index in [-0.39, 0.29) is 11.5 Å². The van der Waals surface area contributed by atoms with E-state index in [9.17, 15) is 9.18 Å². The van der Waals surface area contributed by atoms with Crippen LogP contribution in [0.4, 0.5) is 10.2 Å². The number of hydrogen-bond donors (Lipinski definition) is 2. The van der Waals surface area contributed by atoms with Crippen LogP contribution in [0.5, 0.6) is 0 Å². The van der Waals surface area contributed by atoms with Gasteiger partial charge in [-0.15, -0.1) is 10.2 Å². The Morgan fingerprint density at radius 1 is 1.30 bits per heavy atom. The molecular weight excluding hydrogens is 299 g/mol. The predicted octanol–water partition coefficient (Wildman–Crippen LogP) is 2.54. The Balaban J connectivity index is 1.61. The molecule has 0 aliphatic rings. The van der Waals surface area contributed by atoms with Crippen LogP contribution in [0.3, 0.4) is 0 Å². The number of fused-ring (bicyclic) bond motifs is 1. The molecule has 0 spiro atoms. The summed E-state index contributed by atoms with van der Waals surface area (Å²) >= 11 is 0. The Morgan fingerprint density at radius 3 is 2.91 bits per heavy atom. The summed E-state index contributed by atoms with van der Waals surface area (Å²) in [4.78, 5) is 14.3. The van der Waals surface area contributed by atoms with Crippen LogP contribution in [0, 0.1) is 5.82 Å². The van der Waals surface area contributed by atoms with Crippen molar-refractivity contribution in [3.8, 4) is 0 Å². The first kappa shape index (κ1) is 15.0. The molecule has 3 rings (SSSR count). The van der Waals surface area contributed by atoms with Crippen molar-refractivity contribution in [3.63, 3.8) is 0 Å². The highest BCUT2D eigenvalue weighted by Crippen LogP contribution is 2.19. The van der Waals surface area contributed by atoms with Gasteiger partial charge in [0.2, 0.25) is 0 Å². The summed E-state index contributed by atoms with van der Waals surface area (Å²) in [5, 5.41) is 11.8. The van der Waals surface area contributed by atoms with Crippen molar-refractivity contribution < 1.29 is 13.9 Å². The Morgan fingerprint density at radius 2 is 2.17 bits per heavy atom. The van der Waals surface area contributed by atoms with Gasteiger partial charge in [0, 0.05) is 23.6 Å². The number of halogens is 1.